The molecule has 0 aliphatic heterocycles. The van der Waals surface area contributed by atoms with Crippen LogP contribution in [0.1, 0.15) is 22.8 Å². The van der Waals surface area contributed by atoms with Crippen molar-refractivity contribution >= 4 is 12.0 Å². The van der Waals surface area contributed by atoms with Crippen LogP contribution >= 0.6 is 0 Å². The van der Waals surface area contributed by atoms with Crippen LogP contribution in [0.3, 0.4) is 0 Å². The minimum absolute atomic E-state index is 0.0471. The van der Waals surface area contributed by atoms with Crippen molar-refractivity contribution in [3.05, 3.63) is 51.2 Å². The maximum Gasteiger partial charge on any atom is 0.337 e. The molecular weight excluding hydrogens is 210 g/mol. The van der Waals surface area contributed by atoms with E-state index < -0.39 is 10.9 Å². The fraction of sp³-hybridized carbons (Fsp3) is 0.182. The summed E-state index contributed by atoms with van der Waals surface area (Å²) >= 11 is 0. The predicted molar refractivity (Wildman–Crippen MR) is 58.4 cm³/mol. The minimum atomic E-state index is -0.464. The highest BCUT2D eigenvalue weighted by Crippen LogP contribution is 2.09. The van der Waals surface area contributed by atoms with Crippen LogP contribution in [0.5, 0.6) is 0 Å². The Labute approximate surface area is 92.5 Å². The number of rotatable bonds is 3. The molecule has 0 unspecified atom stereocenters. The molecule has 0 saturated heterocycles. The number of methoxy groups -OCH3 is 1. The maximum absolute atomic E-state index is 11.1. The first-order chi connectivity index (χ1) is 7.54. The number of carbonyl (C=O) groups excluding carboxylic acids is 1. The molecule has 5 heteroatoms. The van der Waals surface area contributed by atoms with Crippen LogP contribution in [0.15, 0.2) is 30.0 Å². The van der Waals surface area contributed by atoms with E-state index in [9.17, 15) is 14.9 Å². The van der Waals surface area contributed by atoms with Crippen LogP contribution in [0.2, 0.25) is 0 Å². The summed E-state index contributed by atoms with van der Waals surface area (Å²) in [6.45, 7) is 1.41. The summed E-state index contributed by atoms with van der Waals surface area (Å²) in [4.78, 5) is 21.0. The lowest BCUT2D eigenvalue weighted by Gasteiger charge is -1.99. The molecule has 0 heterocycles. The van der Waals surface area contributed by atoms with E-state index in [4.69, 9.17) is 0 Å². The fourth-order valence-electron chi connectivity index (χ4n) is 1.13. The van der Waals surface area contributed by atoms with Gasteiger partial charge in [0.15, 0.2) is 0 Å². The van der Waals surface area contributed by atoms with Crippen molar-refractivity contribution in [3.8, 4) is 0 Å². The van der Waals surface area contributed by atoms with Gasteiger partial charge in [0.25, 0.3) is 0 Å². The molecule has 0 aliphatic carbocycles. The average Bonchev–Trinajstić information content (AvgIpc) is 2.28. The summed E-state index contributed by atoms with van der Waals surface area (Å²) in [5.74, 6) is -0.429. The molecule has 1 aromatic rings. The van der Waals surface area contributed by atoms with Crippen LogP contribution in [0.25, 0.3) is 6.08 Å². The van der Waals surface area contributed by atoms with Crippen LogP contribution < -0.4 is 0 Å². The Balaban J connectivity index is 2.91. The highest BCUT2D eigenvalue weighted by Gasteiger charge is 2.05. The van der Waals surface area contributed by atoms with Crippen molar-refractivity contribution in [3.63, 3.8) is 0 Å². The molecular formula is C11H11NO4. The molecule has 0 aliphatic rings. The zero-order chi connectivity index (χ0) is 12.1. The fourth-order valence-corrected chi connectivity index (χ4v) is 1.13. The molecule has 0 amide bonds. The van der Waals surface area contributed by atoms with Crippen LogP contribution in [-0.4, -0.2) is 18.0 Å². The Hall–Kier alpha value is -2.17. The largest absolute Gasteiger partial charge is 0.465 e. The summed E-state index contributed by atoms with van der Waals surface area (Å²) in [6.07, 6.45) is 1.43. The lowest BCUT2D eigenvalue weighted by molar-refractivity contribution is -0.422. The Bertz CT molecular complexity index is 434. The zero-order valence-corrected chi connectivity index (χ0v) is 8.97. The third kappa shape index (κ3) is 2.91. The normalized spacial score (nSPS) is 11.0. The SMILES string of the molecule is COC(=O)c1ccc(/C=C(/C)[N+](=O)[O-])cc1. The van der Waals surface area contributed by atoms with Crippen LogP contribution in [-0.2, 0) is 4.74 Å². The van der Waals surface area contributed by atoms with Gasteiger partial charge >= 0.3 is 5.97 Å². The number of allylic oxidation sites excluding steroid dienone is 1. The molecule has 0 radical (unpaired) electrons. The Morgan fingerprint density at radius 2 is 1.94 bits per heavy atom. The van der Waals surface area contributed by atoms with E-state index >= 15 is 0 Å². The summed E-state index contributed by atoms with van der Waals surface area (Å²) in [6, 6.07) is 6.37. The Kier molecular flexibility index (Phi) is 3.77. The number of hydrogen-bond acceptors (Lipinski definition) is 4. The van der Waals surface area contributed by atoms with Crippen molar-refractivity contribution in [1.82, 2.24) is 0 Å². The minimum Gasteiger partial charge on any atom is -0.465 e. The summed E-state index contributed by atoms with van der Waals surface area (Å²) < 4.78 is 4.53. The van der Waals surface area contributed by atoms with Gasteiger partial charge < -0.3 is 4.74 Å². The van der Waals surface area contributed by atoms with Gasteiger partial charge in [-0.25, -0.2) is 4.79 Å². The summed E-state index contributed by atoms with van der Waals surface area (Å²) in [5.41, 5.74) is 1.13. The molecule has 84 valence electrons. The average molecular weight is 221 g/mol. The van der Waals surface area contributed by atoms with Gasteiger partial charge in [-0.3, -0.25) is 10.1 Å². The van der Waals surface area contributed by atoms with Crippen molar-refractivity contribution in [2.24, 2.45) is 0 Å². The van der Waals surface area contributed by atoms with Gasteiger partial charge in [-0.1, -0.05) is 12.1 Å². The monoisotopic (exact) mass is 221 g/mol. The van der Waals surface area contributed by atoms with Crippen molar-refractivity contribution in [2.75, 3.05) is 7.11 Å². The van der Waals surface area contributed by atoms with Gasteiger partial charge in [-0.15, -0.1) is 0 Å². The van der Waals surface area contributed by atoms with Crippen LogP contribution in [0, 0.1) is 10.1 Å². The van der Waals surface area contributed by atoms with Crippen LogP contribution in [0.4, 0.5) is 0 Å². The molecule has 0 spiro atoms. The molecule has 0 fully saturated rings. The predicted octanol–water partition coefficient (Wildman–Crippen LogP) is 2.11. The highest BCUT2D eigenvalue weighted by molar-refractivity contribution is 5.89. The zero-order valence-electron chi connectivity index (χ0n) is 8.97. The summed E-state index contributed by atoms with van der Waals surface area (Å²) in [5, 5.41) is 10.4. The van der Waals surface area contributed by atoms with Gasteiger partial charge in [-0.2, -0.15) is 0 Å². The maximum atomic E-state index is 11.1. The van der Waals surface area contributed by atoms with E-state index in [1.54, 1.807) is 24.3 Å². The molecule has 5 nitrogen and oxygen atoms in total. The van der Waals surface area contributed by atoms with Gasteiger partial charge in [0.1, 0.15) is 0 Å². The Morgan fingerprint density at radius 3 is 2.38 bits per heavy atom. The smallest absolute Gasteiger partial charge is 0.337 e. The number of hydrogen-bond donors (Lipinski definition) is 0. The van der Waals surface area contributed by atoms with E-state index in [1.165, 1.54) is 20.1 Å². The number of ether oxygens (including phenoxy) is 1. The lowest BCUT2D eigenvalue weighted by atomic mass is 10.1. The number of benzene rings is 1. The molecule has 1 rings (SSSR count). The molecule has 16 heavy (non-hydrogen) atoms. The van der Waals surface area contributed by atoms with E-state index in [-0.39, 0.29) is 5.70 Å². The Morgan fingerprint density at radius 1 is 1.38 bits per heavy atom. The highest BCUT2D eigenvalue weighted by atomic mass is 16.6. The third-order valence-corrected chi connectivity index (χ3v) is 2.00. The van der Waals surface area contributed by atoms with E-state index in [1.807, 2.05) is 0 Å². The first-order valence-corrected chi connectivity index (χ1v) is 4.55. The lowest BCUT2D eigenvalue weighted by Crippen LogP contribution is -2.00. The first-order valence-electron chi connectivity index (χ1n) is 4.55. The topological polar surface area (TPSA) is 69.4 Å². The van der Waals surface area contributed by atoms with E-state index in [2.05, 4.69) is 4.74 Å². The van der Waals surface area contributed by atoms with E-state index in [0.717, 1.165) is 0 Å². The molecule has 0 N–H and O–H groups in total. The van der Waals surface area contributed by atoms with Gasteiger partial charge in [0.05, 0.1) is 17.6 Å². The second kappa shape index (κ2) is 5.06. The standard InChI is InChI=1S/C11H11NO4/c1-8(12(14)15)7-9-3-5-10(6-4-9)11(13)16-2/h3-7H,1-2H3/b8-7-. The number of nitrogens with zero attached hydrogens (tertiary/aromatic N) is 1. The molecule has 0 bridgehead atoms. The van der Waals surface area contributed by atoms with Crippen molar-refractivity contribution < 1.29 is 14.5 Å². The first kappa shape index (κ1) is 11.9. The summed E-state index contributed by atoms with van der Waals surface area (Å²) in [7, 11) is 1.30. The number of esters is 1. The molecule has 0 atom stereocenters. The number of nitro groups is 1. The molecule has 0 saturated carbocycles. The van der Waals surface area contributed by atoms with Crippen molar-refractivity contribution in [2.45, 2.75) is 6.92 Å². The third-order valence-electron chi connectivity index (χ3n) is 2.00. The molecule has 1 aromatic carbocycles. The van der Waals surface area contributed by atoms with E-state index in [0.29, 0.717) is 11.1 Å². The molecule has 0 aromatic heterocycles. The second-order valence-electron chi connectivity index (χ2n) is 3.16. The van der Waals surface area contributed by atoms with Gasteiger partial charge in [0, 0.05) is 13.0 Å². The van der Waals surface area contributed by atoms with Gasteiger partial charge in [0.2, 0.25) is 5.70 Å². The van der Waals surface area contributed by atoms with Gasteiger partial charge in [-0.05, 0) is 17.7 Å². The quantitative estimate of drug-likeness (QED) is 0.445. The second-order valence-corrected chi connectivity index (χ2v) is 3.16. The number of carbonyl (C=O) groups is 1. The van der Waals surface area contributed by atoms with Crippen molar-refractivity contribution in [1.29, 1.82) is 0 Å².